The number of benzene rings is 8. The Morgan fingerprint density at radius 3 is 1.40 bits per heavy atom. The van der Waals surface area contributed by atoms with E-state index in [1.54, 1.807) is 0 Å². The Kier molecular flexibility index (Phi) is 7.74. The molecule has 12 rings (SSSR count). The van der Waals surface area contributed by atoms with Gasteiger partial charge in [-0.3, -0.25) is 8.97 Å². The van der Waals surface area contributed by atoms with Gasteiger partial charge in [-0.2, -0.15) is 9.97 Å². The zero-order valence-corrected chi connectivity index (χ0v) is 32.3. The van der Waals surface area contributed by atoms with E-state index in [1.807, 2.05) is 60.7 Å². The third kappa shape index (κ3) is 5.35. The molecule has 0 bridgehead atoms. The van der Waals surface area contributed by atoms with Gasteiger partial charge < -0.3 is 0 Å². The number of aromatic nitrogens is 6. The first kappa shape index (κ1) is 33.9. The highest BCUT2D eigenvalue weighted by molar-refractivity contribution is 6.31. The van der Waals surface area contributed by atoms with Crippen LogP contribution in [-0.2, 0) is 0 Å². The molecule has 0 saturated heterocycles. The standard InChI is InChI=1S/C54H34N6/c1-5-17-35(18-6-1)36-29-31-40(32-30-36)53-55-49(37-19-7-2-8-20-37)50-43-33-34-46-48(47(43)41-25-13-16-28-45(41)60(50)53)42-26-14-15-27-44(42)59(46)54-57-51(38-21-9-3-10-22-38)56-52(58-54)39-23-11-4-12-24-39/h1-34H. The molecule has 0 saturated carbocycles. The predicted octanol–water partition coefficient (Wildman–Crippen LogP) is 13.3. The maximum Gasteiger partial charge on any atom is 0.238 e. The molecule has 6 nitrogen and oxygen atoms in total. The summed E-state index contributed by atoms with van der Waals surface area (Å²) in [6, 6.07) is 72.0. The van der Waals surface area contributed by atoms with Crippen molar-refractivity contribution in [2.24, 2.45) is 0 Å². The number of hydrogen-bond donors (Lipinski definition) is 0. The van der Waals surface area contributed by atoms with E-state index >= 15 is 0 Å². The molecule has 4 heterocycles. The summed E-state index contributed by atoms with van der Waals surface area (Å²) in [5.74, 6) is 2.70. The van der Waals surface area contributed by atoms with Crippen molar-refractivity contribution in [2.45, 2.75) is 0 Å². The third-order valence-electron chi connectivity index (χ3n) is 11.6. The lowest BCUT2D eigenvalue weighted by Gasteiger charge is -2.14. The Bertz CT molecular complexity index is 3500. The van der Waals surface area contributed by atoms with Crippen LogP contribution in [0.1, 0.15) is 0 Å². The molecule has 0 aliphatic carbocycles. The minimum absolute atomic E-state index is 0.564. The summed E-state index contributed by atoms with van der Waals surface area (Å²) in [4.78, 5) is 21.0. The van der Waals surface area contributed by atoms with Gasteiger partial charge in [0.1, 0.15) is 5.82 Å². The lowest BCUT2D eigenvalue weighted by molar-refractivity contribution is 0.953. The molecular formula is C54H34N6. The van der Waals surface area contributed by atoms with E-state index in [1.165, 1.54) is 11.1 Å². The third-order valence-corrected chi connectivity index (χ3v) is 11.6. The number of nitrogens with zero attached hydrogens (tertiary/aromatic N) is 6. The average Bonchev–Trinajstić information content (AvgIpc) is 3.90. The van der Waals surface area contributed by atoms with Crippen molar-refractivity contribution in [3.8, 4) is 62.5 Å². The highest BCUT2D eigenvalue weighted by Gasteiger charge is 2.25. The average molecular weight is 767 g/mol. The Labute approximate surface area is 345 Å². The molecule has 60 heavy (non-hydrogen) atoms. The molecule has 0 aliphatic rings. The molecule has 0 N–H and O–H groups in total. The largest absolute Gasteiger partial charge is 0.291 e. The van der Waals surface area contributed by atoms with E-state index < -0.39 is 0 Å². The highest BCUT2D eigenvalue weighted by Crippen LogP contribution is 2.44. The molecule has 0 spiro atoms. The molecular weight excluding hydrogens is 733 g/mol. The predicted molar refractivity (Wildman–Crippen MR) is 245 cm³/mol. The van der Waals surface area contributed by atoms with Crippen molar-refractivity contribution in [1.82, 2.24) is 28.9 Å². The molecule has 0 unspecified atom stereocenters. The number of hydrogen-bond acceptors (Lipinski definition) is 4. The molecule has 12 aromatic rings. The number of fused-ring (bicyclic) bond motifs is 10. The van der Waals surface area contributed by atoms with Crippen molar-refractivity contribution in [2.75, 3.05) is 0 Å². The fourth-order valence-corrected chi connectivity index (χ4v) is 8.87. The SMILES string of the molecule is c1ccc(-c2ccc(-c3nc(-c4ccccc4)c4c5ccc6c(c7ccccc7n6-c6nc(-c7ccccc7)nc(-c7ccccc7)n6)c5c5ccccc5n34)cc2)cc1. The molecule has 0 amide bonds. The van der Waals surface area contributed by atoms with Gasteiger partial charge in [0.15, 0.2) is 11.6 Å². The van der Waals surface area contributed by atoms with E-state index in [-0.39, 0.29) is 0 Å². The fraction of sp³-hybridized carbons (Fsp3) is 0. The summed E-state index contributed by atoms with van der Waals surface area (Å²) < 4.78 is 4.57. The van der Waals surface area contributed by atoms with Crippen LogP contribution in [0.3, 0.4) is 0 Å². The second-order valence-corrected chi connectivity index (χ2v) is 15.0. The fourth-order valence-electron chi connectivity index (χ4n) is 8.87. The molecule has 0 aliphatic heterocycles. The maximum atomic E-state index is 5.54. The van der Waals surface area contributed by atoms with Gasteiger partial charge in [0.2, 0.25) is 5.95 Å². The Morgan fingerprint density at radius 1 is 0.300 bits per heavy atom. The molecule has 280 valence electrons. The number of para-hydroxylation sites is 2. The lowest BCUT2D eigenvalue weighted by Crippen LogP contribution is -2.06. The molecule has 6 heteroatoms. The van der Waals surface area contributed by atoms with Gasteiger partial charge in [-0.25, -0.2) is 9.97 Å². The molecule has 0 fully saturated rings. The summed E-state index contributed by atoms with van der Waals surface area (Å²) >= 11 is 0. The van der Waals surface area contributed by atoms with Crippen molar-refractivity contribution < 1.29 is 0 Å². The maximum absolute atomic E-state index is 5.54. The zero-order chi connectivity index (χ0) is 39.6. The van der Waals surface area contributed by atoms with Crippen LogP contribution >= 0.6 is 0 Å². The highest BCUT2D eigenvalue weighted by atomic mass is 15.2. The van der Waals surface area contributed by atoms with Gasteiger partial charge in [-0.15, -0.1) is 0 Å². The van der Waals surface area contributed by atoms with Crippen LogP contribution in [0.25, 0.3) is 111 Å². The van der Waals surface area contributed by atoms with E-state index in [0.29, 0.717) is 17.6 Å². The first-order valence-electron chi connectivity index (χ1n) is 20.2. The first-order valence-corrected chi connectivity index (χ1v) is 20.2. The summed E-state index contributed by atoms with van der Waals surface area (Å²) in [6.07, 6.45) is 0. The smallest absolute Gasteiger partial charge is 0.238 e. The van der Waals surface area contributed by atoms with E-state index in [0.717, 1.165) is 82.8 Å². The van der Waals surface area contributed by atoms with Crippen LogP contribution in [0.4, 0.5) is 0 Å². The Balaban J connectivity index is 1.18. The summed E-state index contributed by atoms with van der Waals surface area (Å²) in [6.45, 7) is 0. The van der Waals surface area contributed by atoms with Gasteiger partial charge in [0, 0.05) is 49.2 Å². The van der Waals surface area contributed by atoms with E-state index in [9.17, 15) is 0 Å². The van der Waals surface area contributed by atoms with Crippen LogP contribution in [-0.4, -0.2) is 28.9 Å². The van der Waals surface area contributed by atoms with Crippen LogP contribution in [0.2, 0.25) is 0 Å². The molecule has 0 atom stereocenters. The van der Waals surface area contributed by atoms with Crippen LogP contribution in [0, 0.1) is 0 Å². The van der Waals surface area contributed by atoms with Gasteiger partial charge >= 0.3 is 0 Å². The summed E-state index contributed by atoms with van der Waals surface area (Å²) in [5, 5.41) is 5.67. The lowest BCUT2D eigenvalue weighted by atomic mass is 9.97. The minimum atomic E-state index is 0.564. The van der Waals surface area contributed by atoms with Gasteiger partial charge in [-0.05, 0) is 29.3 Å². The zero-order valence-electron chi connectivity index (χ0n) is 32.3. The quantitative estimate of drug-likeness (QED) is 0.158. The molecule has 8 aromatic carbocycles. The number of rotatable bonds is 6. The van der Waals surface area contributed by atoms with Crippen LogP contribution in [0.15, 0.2) is 206 Å². The summed E-state index contributed by atoms with van der Waals surface area (Å²) in [7, 11) is 0. The second kappa shape index (κ2) is 13.7. The topological polar surface area (TPSA) is 60.9 Å². The van der Waals surface area contributed by atoms with E-state index in [4.69, 9.17) is 19.9 Å². The van der Waals surface area contributed by atoms with Gasteiger partial charge in [-0.1, -0.05) is 188 Å². The van der Waals surface area contributed by atoms with Crippen LogP contribution in [0.5, 0.6) is 0 Å². The first-order chi connectivity index (χ1) is 29.8. The number of pyridine rings is 1. The number of imidazole rings is 1. The van der Waals surface area contributed by atoms with Crippen LogP contribution < -0.4 is 0 Å². The Hall–Kier alpha value is -8.22. The monoisotopic (exact) mass is 766 g/mol. The van der Waals surface area contributed by atoms with E-state index in [2.05, 4.69) is 155 Å². The normalized spacial score (nSPS) is 11.7. The van der Waals surface area contributed by atoms with Crippen molar-refractivity contribution in [3.63, 3.8) is 0 Å². The van der Waals surface area contributed by atoms with Gasteiger partial charge in [0.25, 0.3) is 0 Å². The molecule has 0 radical (unpaired) electrons. The van der Waals surface area contributed by atoms with Crippen molar-refractivity contribution in [3.05, 3.63) is 206 Å². The summed E-state index contributed by atoms with van der Waals surface area (Å²) in [5.41, 5.74) is 11.4. The second-order valence-electron chi connectivity index (χ2n) is 15.0. The minimum Gasteiger partial charge on any atom is -0.291 e. The van der Waals surface area contributed by atoms with Crippen molar-refractivity contribution in [1.29, 1.82) is 0 Å². The van der Waals surface area contributed by atoms with Crippen molar-refractivity contribution >= 4 is 49.0 Å². The Morgan fingerprint density at radius 2 is 0.783 bits per heavy atom. The molecule has 4 aromatic heterocycles. The van der Waals surface area contributed by atoms with Gasteiger partial charge in [0.05, 0.1) is 27.8 Å².